The van der Waals surface area contributed by atoms with Crippen LogP contribution in [0.3, 0.4) is 0 Å². The van der Waals surface area contributed by atoms with Crippen molar-refractivity contribution in [2.45, 2.75) is 251 Å². The minimum Gasteiger partial charge on any atom is -0.462 e. The van der Waals surface area contributed by atoms with Gasteiger partial charge in [-0.05, 0) is 44.9 Å². The van der Waals surface area contributed by atoms with E-state index in [0.29, 0.717) is 6.42 Å². The van der Waals surface area contributed by atoms with Crippen LogP contribution in [-0.2, 0) is 32.7 Å². The van der Waals surface area contributed by atoms with Crippen LogP contribution in [0.4, 0.5) is 0 Å². The fourth-order valence-electron chi connectivity index (χ4n) is 7.14. The van der Waals surface area contributed by atoms with Gasteiger partial charge in [0.2, 0.25) is 0 Å². The highest BCUT2D eigenvalue weighted by atomic mass is 31.2. The number of esters is 2. The van der Waals surface area contributed by atoms with Gasteiger partial charge in [-0.2, -0.15) is 0 Å². The van der Waals surface area contributed by atoms with Gasteiger partial charge in [0.1, 0.15) is 6.61 Å². The van der Waals surface area contributed by atoms with Gasteiger partial charge in [0.05, 0.1) is 13.2 Å². The Kier molecular flexibility index (Phi) is 44.8. The number of rotatable bonds is 47. The summed E-state index contributed by atoms with van der Waals surface area (Å²) < 4.78 is 32.9. The van der Waals surface area contributed by atoms with Crippen LogP contribution >= 0.6 is 7.82 Å². The van der Waals surface area contributed by atoms with Crippen LogP contribution in [0.5, 0.6) is 0 Å². The Morgan fingerprint density at radius 1 is 0.508 bits per heavy atom. The summed E-state index contributed by atoms with van der Waals surface area (Å²) in [6.45, 7) is 3.75. The smallest absolute Gasteiger partial charge is 0.462 e. The standard InChI is InChI=1S/C49H94NO8P/c1-3-5-7-9-11-13-15-17-19-21-23-25-27-29-31-33-35-37-39-41-48(51)55-45-47(46-57-59(53,54)56-44-43-50)58-49(52)42-40-38-36-34-32-30-28-26-24-22-20-18-16-14-12-10-8-6-4-2/h11,13,17,19,47H,3-10,12,14-16,18,20-46,50H2,1-2H3,(H,53,54)/t47-/m1/s1. The molecule has 0 aromatic rings. The van der Waals surface area contributed by atoms with Gasteiger partial charge in [0.25, 0.3) is 0 Å². The lowest BCUT2D eigenvalue weighted by Crippen LogP contribution is -2.29. The second-order valence-electron chi connectivity index (χ2n) is 16.7. The molecule has 0 aliphatic rings. The van der Waals surface area contributed by atoms with E-state index in [1.165, 1.54) is 173 Å². The molecule has 0 saturated carbocycles. The Balaban J connectivity index is 4.04. The number of phosphoric ester groups is 1. The number of ether oxygens (including phenoxy) is 2. The third-order valence-electron chi connectivity index (χ3n) is 10.8. The molecule has 9 nitrogen and oxygen atoms in total. The lowest BCUT2D eigenvalue weighted by atomic mass is 10.0. The number of unbranched alkanes of at least 4 members (excludes halogenated alkanes) is 30. The molecule has 3 N–H and O–H groups in total. The summed E-state index contributed by atoms with van der Waals surface area (Å²) in [5.74, 6) is -0.820. The number of carbonyl (C=O) groups excluding carboxylic acids is 2. The predicted molar refractivity (Wildman–Crippen MR) is 247 cm³/mol. The van der Waals surface area contributed by atoms with Crippen LogP contribution < -0.4 is 5.73 Å². The largest absolute Gasteiger partial charge is 0.472 e. The van der Waals surface area contributed by atoms with Crippen molar-refractivity contribution in [2.75, 3.05) is 26.4 Å². The topological polar surface area (TPSA) is 134 Å². The molecular formula is C49H94NO8P. The maximum Gasteiger partial charge on any atom is 0.472 e. The minimum atomic E-state index is -4.38. The van der Waals surface area contributed by atoms with Crippen molar-refractivity contribution in [3.63, 3.8) is 0 Å². The molecule has 10 heteroatoms. The van der Waals surface area contributed by atoms with Crippen molar-refractivity contribution in [1.29, 1.82) is 0 Å². The third-order valence-corrected chi connectivity index (χ3v) is 11.8. The highest BCUT2D eigenvalue weighted by Crippen LogP contribution is 2.43. The van der Waals surface area contributed by atoms with E-state index in [-0.39, 0.29) is 38.6 Å². The average Bonchev–Trinajstić information content (AvgIpc) is 3.22. The Morgan fingerprint density at radius 2 is 0.881 bits per heavy atom. The number of hydrogen-bond donors (Lipinski definition) is 2. The van der Waals surface area contributed by atoms with Gasteiger partial charge in [-0.25, -0.2) is 4.57 Å². The van der Waals surface area contributed by atoms with Gasteiger partial charge >= 0.3 is 19.8 Å². The first kappa shape index (κ1) is 57.5. The summed E-state index contributed by atoms with van der Waals surface area (Å²) in [7, 11) is -4.38. The van der Waals surface area contributed by atoms with Gasteiger partial charge in [-0.1, -0.05) is 212 Å². The Labute approximate surface area is 363 Å². The average molecular weight is 856 g/mol. The fourth-order valence-corrected chi connectivity index (χ4v) is 7.90. The maximum absolute atomic E-state index is 12.6. The van der Waals surface area contributed by atoms with E-state index in [2.05, 4.69) is 38.2 Å². The van der Waals surface area contributed by atoms with Gasteiger partial charge < -0.3 is 20.1 Å². The molecule has 0 aliphatic heterocycles. The summed E-state index contributed by atoms with van der Waals surface area (Å²) in [5, 5.41) is 0. The zero-order valence-corrected chi connectivity index (χ0v) is 39.4. The summed E-state index contributed by atoms with van der Waals surface area (Å²) >= 11 is 0. The van der Waals surface area contributed by atoms with Crippen LogP contribution in [0, 0.1) is 0 Å². The van der Waals surface area contributed by atoms with Crippen molar-refractivity contribution in [3.8, 4) is 0 Å². The van der Waals surface area contributed by atoms with Crippen LogP contribution in [-0.4, -0.2) is 49.3 Å². The molecule has 1 unspecified atom stereocenters. The van der Waals surface area contributed by atoms with E-state index >= 15 is 0 Å². The van der Waals surface area contributed by atoms with E-state index in [9.17, 15) is 19.0 Å². The molecule has 0 saturated heterocycles. The highest BCUT2D eigenvalue weighted by molar-refractivity contribution is 7.47. The van der Waals surface area contributed by atoms with Gasteiger partial charge in [0.15, 0.2) is 6.10 Å². The molecule has 0 rings (SSSR count). The molecular weight excluding hydrogens is 762 g/mol. The molecule has 2 atom stereocenters. The molecule has 0 aliphatic carbocycles. The predicted octanol–water partition coefficient (Wildman–Crippen LogP) is 14.7. The van der Waals surface area contributed by atoms with Crippen LogP contribution in [0.1, 0.15) is 245 Å². The number of hydrogen-bond acceptors (Lipinski definition) is 8. The van der Waals surface area contributed by atoms with Gasteiger partial charge in [0, 0.05) is 19.4 Å². The minimum absolute atomic E-state index is 0.0549. The van der Waals surface area contributed by atoms with Crippen molar-refractivity contribution in [2.24, 2.45) is 5.73 Å². The summed E-state index contributed by atoms with van der Waals surface area (Å²) in [6, 6.07) is 0. The molecule has 59 heavy (non-hydrogen) atoms. The second kappa shape index (κ2) is 46.0. The molecule has 0 heterocycles. The quantitative estimate of drug-likeness (QED) is 0.0265. The van der Waals surface area contributed by atoms with Crippen molar-refractivity contribution < 1.29 is 37.6 Å². The van der Waals surface area contributed by atoms with Crippen LogP contribution in [0.15, 0.2) is 24.3 Å². The van der Waals surface area contributed by atoms with E-state index in [0.717, 1.165) is 38.5 Å². The molecule has 0 bridgehead atoms. The van der Waals surface area contributed by atoms with E-state index in [1.54, 1.807) is 0 Å². The maximum atomic E-state index is 12.6. The number of carbonyl (C=O) groups is 2. The number of phosphoric acid groups is 1. The monoisotopic (exact) mass is 856 g/mol. The Bertz CT molecular complexity index is 1020. The second-order valence-corrected chi connectivity index (χ2v) is 18.1. The molecule has 0 aromatic heterocycles. The number of nitrogens with two attached hydrogens (primary N) is 1. The van der Waals surface area contributed by atoms with Crippen LogP contribution in [0.25, 0.3) is 0 Å². The lowest BCUT2D eigenvalue weighted by molar-refractivity contribution is -0.161. The Hall–Kier alpha value is -1.51. The first-order valence-corrected chi connectivity index (χ1v) is 26.3. The fraction of sp³-hybridized carbons (Fsp3) is 0.878. The first-order chi connectivity index (χ1) is 28.8. The van der Waals surface area contributed by atoms with Crippen molar-refractivity contribution in [1.82, 2.24) is 0 Å². The zero-order chi connectivity index (χ0) is 43.2. The molecule has 0 radical (unpaired) electrons. The Morgan fingerprint density at radius 3 is 1.32 bits per heavy atom. The van der Waals surface area contributed by atoms with Crippen molar-refractivity contribution >= 4 is 19.8 Å². The third kappa shape index (κ3) is 45.8. The van der Waals surface area contributed by atoms with E-state index in [4.69, 9.17) is 24.3 Å². The van der Waals surface area contributed by atoms with E-state index in [1.807, 2.05) is 0 Å². The summed E-state index contributed by atoms with van der Waals surface area (Å²) in [6.07, 6.45) is 50.6. The highest BCUT2D eigenvalue weighted by Gasteiger charge is 2.26. The van der Waals surface area contributed by atoms with Crippen molar-refractivity contribution in [3.05, 3.63) is 24.3 Å². The SMILES string of the molecule is CCCCCC=CCC=CCCCCCCCCCCCC(=O)OC[C@H](COP(=O)(O)OCCN)OC(=O)CCCCCCCCCCCCCCCCCCCCC. The lowest BCUT2D eigenvalue weighted by Gasteiger charge is -2.19. The zero-order valence-electron chi connectivity index (χ0n) is 38.5. The molecule has 0 amide bonds. The number of allylic oxidation sites excluding steroid dienone is 4. The normalized spacial score (nSPS) is 13.4. The molecule has 0 spiro atoms. The molecule has 0 fully saturated rings. The summed E-state index contributed by atoms with van der Waals surface area (Å²) in [4.78, 5) is 35.0. The van der Waals surface area contributed by atoms with Gasteiger partial charge in [-0.3, -0.25) is 18.6 Å². The first-order valence-electron chi connectivity index (χ1n) is 24.8. The van der Waals surface area contributed by atoms with E-state index < -0.39 is 26.5 Å². The van der Waals surface area contributed by atoms with Gasteiger partial charge in [-0.15, -0.1) is 0 Å². The van der Waals surface area contributed by atoms with Crippen LogP contribution in [0.2, 0.25) is 0 Å². The summed E-state index contributed by atoms with van der Waals surface area (Å²) in [5.41, 5.74) is 5.36. The molecule has 348 valence electrons. The molecule has 0 aromatic carbocycles.